The summed E-state index contributed by atoms with van der Waals surface area (Å²) in [6.07, 6.45) is -3.63. The number of nitrogens with zero attached hydrogens (tertiary/aromatic N) is 3. The number of anilines is 1. The summed E-state index contributed by atoms with van der Waals surface area (Å²) < 4.78 is 37.6. The van der Waals surface area contributed by atoms with Crippen molar-refractivity contribution in [2.45, 2.75) is 52.4 Å². The van der Waals surface area contributed by atoms with Crippen LogP contribution < -0.4 is 10.2 Å². The third-order valence-corrected chi connectivity index (χ3v) is 2.69. The van der Waals surface area contributed by atoms with Crippen LogP contribution in [0.1, 0.15) is 39.8 Å². The number of hydrogen-bond donors (Lipinski definition) is 1. The quantitative estimate of drug-likeness (QED) is 0.876. The van der Waals surface area contributed by atoms with Crippen molar-refractivity contribution in [1.29, 1.82) is 0 Å². The number of halogens is 3. The van der Waals surface area contributed by atoms with E-state index in [0.29, 0.717) is 25.2 Å². The minimum atomic E-state index is -4.25. The van der Waals surface area contributed by atoms with Crippen LogP contribution in [0.5, 0.6) is 0 Å². The molecule has 1 rings (SSSR count). The molecule has 21 heavy (non-hydrogen) atoms. The number of aromatic nitrogens is 2. The highest BCUT2D eigenvalue weighted by Gasteiger charge is 2.31. The van der Waals surface area contributed by atoms with E-state index in [9.17, 15) is 13.2 Å². The molecule has 1 heterocycles. The van der Waals surface area contributed by atoms with Gasteiger partial charge >= 0.3 is 6.18 Å². The molecule has 0 spiro atoms. The predicted octanol–water partition coefficient (Wildman–Crippen LogP) is 3.14. The van der Waals surface area contributed by atoms with Crippen LogP contribution >= 0.6 is 0 Å². The third kappa shape index (κ3) is 7.27. The summed E-state index contributed by atoms with van der Waals surface area (Å²) in [5.74, 6) is 0.258. The van der Waals surface area contributed by atoms with Gasteiger partial charge in [-0.2, -0.15) is 18.3 Å². The maximum absolute atomic E-state index is 12.5. The molecule has 0 atom stereocenters. The van der Waals surface area contributed by atoms with Gasteiger partial charge in [0.25, 0.3) is 0 Å². The van der Waals surface area contributed by atoms with E-state index >= 15 is 0 Å². The Morgan fingerprint density at radius 2 is 1.81 bits per heavy atom. The van der Waals surface area contributed by atoms with E-state index in [1.807, 2.05) is 27.7 Å². The Labute approximate surface area is 123 Å². The minimum absolute atomic E-state index is 0.0507. The van der Waals surface area contributed by atoms with E-state index in [1.54, 1.807) is 12.1 Å². The fourth-order valence-electron chi connectivity index (χ4n) is 1.73. The highest BCUT2D eigenvalue weighted by atomic mass is 19.4. The molecule has 0 amide bonds. The largest absolute Gasteiger partial charge is 0.405 e. The molecule has 4 nitrogen and oxygen atoms in total. The van der Waals surface area contributed by atoms with Gasteiger partial charge in [0.2, 0.25) is 0 Å². The summed E-state index contributed by atoms with van der Waals surface area (Å²) in [6, 6.07) is 3.30. The molecule has 0 bridgehead atoms. The normalized spacial score (nSPS) is 12.5. The van der Waals surface area contributed by atoms with Crippen LogP contribution in [0.4, 0.5) is 19.0 Å². The molecule has 0 aromatic carbocycles. The minimum Gasteiger partial charge on any atom is -0.346 e. The number of nitrogens with one attached hydrogen (secondary N) is 1. The van der Waals surface area contributed by atoms with Crippen molar-refractivity contribution in [3.63, 3.8) is 0 Å². The average molecular weight is 304 g/mol. The highest BCUT2D eigenvalue weighted by Crippen LogP contribution is 2.20. The maximum Gasteiger partial charge on any atom is 0.405 e. The molecule has 0 saturated heterocycles. The summed E-state index contributed by atoms with van der Waals surface area (Å²) in [5, 5.41) is 11.2. The smallest absolute Gasteiger partial charge is 0.346 e. The van der Waals surface area contributed by atoms with Gasteiger partial charge < -0.3 is 10.2 Å². The number of rotatable bonds is 6. The Balaban J connectivity index is 2.73. The molecular formula is C14H23F3N4. The second-order valence-electron chi connectivity index (χ2n) is 6.02. The zero-order valence-corrected chi connectivity index (χ0v) is 13.0. The van der Waals surface area contributed by atoms with Crippen molar-refractivity contribution >= 4 is 5.82 Å². The van der Waals surface area contributed by atoms with Gasteiger partial charge in [-0.05, 0) is 39.3 Å². The van der Waals surface area contributed by atoms with E-state index in [-0.39, 0.29) is 11.4 Å². The van der Waals surface area contributed by atoms with Crippen LogP contribution in [0.25, 0.3) is 0 Å². The lowest BCUT2D eigenvalue weighted by molar-refractivity contribution is -0.119. The lowest BCUT2D eigenvalue weighted by Crippen LogP contribution is -2.36. The topological polar surface area (TPSA) is 41.0 Å². The highest BCUT2D eigenvalue weighted by molar-refractivity contribution is 5.37. The lowest BCUT2D eigenvalue weighted by atomic mass is 10.1. The van der Waals surface area contributed by atoms with Gasteiger partial charge in [-0.15, -0.1) is 5.10 Å². The molecule has 0 aliphatic rings. The van der Waals surface area contributed by atoms with Crippen LogP contribution in [0, 0.1) is 0 Å². The summed E-state index contributed by atoms with van der Waals surface area (Å²) >= 11 is 0. The first-order chi connectivity index (χ1) is 9.61. The molecule has 0 aliphatic heterocycles. The Bertz CT molecular complexity index is 423. The van der Waals surface area contributed by atoms with Crippen molar-refractivity contribution in [3.05, 3.63) is 17.8 Å². The Morgan fingerprint density at radius 3 is 2.24 bits per heavy atom. The van der Waals surface area contributed by atoms with Crippen LogP contribution in [0.3, 0.4) is 0 Å². The first kappa shape index (κ1) is 17.7. The van der Waals surface area contributed by atoms with E-state index < -0.39 is 12.7 Å². The van der Waals surface area contributed by atoms with Crippen LogP contribution in [-0.4, -0.2) is 35.0 Å². The zero-order chi connectivity index (χ0) is 16.1. The fraction of sp³-hybridized carbons (Fsp3) is 0.714. The maximum atomic E-state index is 12.5. The van der Waals surface area contributed by atoms with Gasteiger partial charge in [-0.25, -0.2) is 0 Å². The SMILES string of the molecule is CCCN(CC(F)(F)F)c1ccc(CNC(C)(C)C)nn1. The van der Waals surface area contributed by atoms with Crippen molar-refractivity contribution in [1.82, 2.24) is 15.5 Å². The first-order valence-electron chi connectivity index (χ1n) is 7.00. The van der Waals surface area contributed by atoms with Crippen molar-refractivity contribution in [3.8, 4) is 0 Å². The van der Waals surface area contributed by atoms with Crippen molar-refractivity contribution in [2.75, 3.05) is 18.0 Å². The summed E-state index contributed by atoms with van der Waals surface area (Å²) in [5.41, 5.74) is 0.655. The number of hydrogen-bond acceptors (Lipinski definition) is 4. The molecule has 7 heteroatoms. The molecule has 0 radical (unpaired) electrons. The molecule has 0 aliphatic carbocycles. The molecule has 1 aromatic rings. The lowest BCUT2D eigenvalue weighted by Gasteiger charge is -2.24. The molecule has 120 valence electrons. The average Bonchev–Trinajstić information content (AvgIpc) is 2.34. The van der Waals surface area contributed by atoms with Gasteiger partial charge in [0, 0.05) is 18.6 Å². The zero-order valence-electron chi connectivity index (χ0n) is 13.0. The second-order valence-corrected chi connectivity index (χ2v) is 6.02. The summed E-state index contributed by atoms with van der Waals surface area (Å²) in [6.45, 7) is 7.74. The van der Waals surface area contributed by atoms with E-state index in [4.69, 9.17) is 0 Å². The standard InChI is InChI=1S/C14H23F3N4/c1-5-8-21(10-14(15,16)17)12-7-6-11(19-20-12)9-18-13(2,3)4/h6-7,18H,5,8-10H2,1-4H3. The van der Waals surface area contributed by atoms with Gasteiger partial charge in [-0.3, -0.25) is 0 Å². The van der Waals surface area contributed by atoms with Crippen LogP contribution in [0.2, 0.25) is 0 Å². The molecule has 1 aromatic heterocycles. The number of alkyl halides is 3. The van der Waals surface area contributed by atoms with Gasteiger partial charge in [0.1, 0.15) is 6.54 Å². The Kier molecular flexibility index (Phi) is 5.95. The van der Waals surface area contributed by atoms with Crippen molar-refractivity contribution in [2.24, 2.45) is 0 Å². The predicted molar refractivity (Wildman–Crippen MR) is 77.2 cm³/mol. The van der Waals surface area contributed by atoms with Gasteiger partial charge in [-0.1, -0.05) is 6.92 Å². The van der Waals surface area contributed by atoms with Crippen LogP contribution in [-0.2, 0) is 6.54 Å². The monoisotopic (exact) mass is 304 g/mol. The van der Waals surface area contributed by atoms with E-state index in [0.717, 1.165) is 0 Å². The molecule has 0 unspecified atom stereocenters. The second kappa shape index (κ2) is 7.06. The Morgan fingerprint density at radius 1 is 1.14 bits per heavy atom. The van der Waals surface area contributed by atoms with Gasteiger partial charge in [0.15, 0.2) is 5.82 Å². The molecule has 1 N–H and O–H groups in total. The Hall–Kier alpha value is -1.37. The van der Waals surface area contributed by atoms with E-state index in [2.05, 4.69) is 15.5 Å². The third-order valence-electron chi connectivity index (χ3n) is 2.69. The molecule has 0 saturated carbocycles. The molecular weight excluding hydrogens is 281 g/mol. The molecule has 0 fully saturated rings. The first-order valence-corrected chi connectivity index (χ1v) is 7.00. The summed E-state index contributed by atoms with van der Waals surface area (Å²) in [7, 11) is 0. The fourth-order valence-corrected chi connectivity index (χ4v) is 1.73. The van der Waals surface area contributed by atoms with E-state index in [1.165, 1.54) is 4.90 Å². The van der Waals surface area contributed by atoms with Crippen LogP contribution in [0.15, 0.2) is 12.1 Å². The van der Waals surface area contributed by atoms with Gasteiger partial charge in [0.05, 0.1) is 5.69 Å². The summed E-state index contributed by atoms with van der Waals surface area (Å²) in [4.78, 5) is 1.20. The van der Waals surface area contributed by atoms with Crippen molar-refractivity contribution < 1.29 is 13.2 Å².